The molecule has 2 atom stereocenters. The Balaban J connectivity index is 4.13. The quantitative estimate of drug-likeness (QED) is 0.0211. The first-order valence-electron chi connectivity index (χ1n) is 36.6. The average Bonchev–Trinajstić information content (AvgIpc) is 3.50. The third kappa shape index (κ3) is 72.2. The third-order valence-electron chi connectivity index (χ3n) is 15.3. The van der Waals surface area contributed by atoms with E-state index >= 15 is 0 Å². The second-order valence-corrected chi connectivity index (χ2v) is 25.1. The van der Waals surface area contributed by atoms with Crippen molar-refractivity contribution in [1.82, 2.24) is 0 Å². The monoisotopic (exact) mass is 1260 g/mol. The Bertz CT molecular complexity index is 2060. The van der Waals surface area contributed by atoms with E-state index < -0.39 is 24.3 Å². The Morgan fingerprint density at radius 2 is 0.593 bits per heavy atom. The predicted octanol–water partition coefficient (Wildman–Crippen LogP) is 23.2. The molecule has 0 spiro atoms. The zero-order chi connectivity index (χ0) is 66.1. The highest BCUT2D eigenvalue weighted by molar-refractivity contribution is 5.71. The summed E-state index contributed by atoms with van der Waals surface area (Å²) >= 11 is 0. The molecule has 0 heterocycles. The van der Waals surface area contributed by atoms with Crippen molar-refractivity contribution in [1.29, 1.82) is 0 Å². The Hall–Kier alpha value is -5.09. The number of rotatable bonds is 66. The van der Waals surface area contributed by atoms with Gasteiger partial charge in [-0.15, -0.1) is 0 Å². The van der Waals surface area contributed by atoms with Crippen LogP contribution in [-0.2, 0) is 33.3 Å². The van der Waals surface area contributed by atoms with Crippen LogP contribution in [0.5, 0.6) is 0 Å². The number of aliphatic carboxylic acids is 1. The van der Waals surface area contributed by atoms with Gasteiger partial charge in [0, 0.05) is 12.8 Å². The molecule has 0 aliphatic heterocycles. The van der Waals surface area contributed by atoms with Crippen LogP contribution in [0.15, 0.2) is 158 Å². The number of carboxylic acids is 1. The van der Waals surface area contributed by atoms with Gasteiger partial charge < -0.3 is 28.5 Å². The van der Waals surface area contributed by atoms with E-state index in [0.717, 1.165) is 128 Å². The molecule has 0 aromatic carbocycles. The molecule has 0 aromatic heterocycles. The first-order chi connectivity index (χ1) is 44.6. The second kappa shape index (κ2) is 70.8. The normalized spacial score (nSPS) is 13.6. The molecule has 1 N–H and O–H groups in total. The Morgan fingerprint density at radius 3 is 0.879 bits per heavy atom. The first-order valence-corrected chi connectivity index (χ1v) is 36.6. The minimum Gasteiger partial charge on any atom is -0.477 e. The summed E-state index contributed by atoms with van der Waals surface area (Å²) in [7, 11) is 5.97. The van der Waals surface area contributed by atoms with Gasteiger partial charge in [-0.25, -0.2) is 4.79 Å². The molecule has 0 aliphatic carbocycles. The number of carbonyl (C=O) groups is 3. The Kier molecular flexibility index (Phi) is 66.8. The molecule has 516 valence electrons. The van der Waals surface area contributed by atoms with Crippen molar-refractivity contribution in [3.05, 3.63) is 158 Å². The smallest absolute Gasteiger partial charge is 0.361 e. The topological polar surface area (TPSA) is 108 Å². The van der Waals surface area contributed by atoms with E-state index in [0.29, 0.717) is 17.4 Å². The number of likely N-dealkylation sites (N-methyl/N-ethyl adjacent to an activating group) is 1. The summed E-state index contributed by atoms with van der Waals surface area (Å²) in [6.45, 7) is 4.65. The molecule has 0 saturated heterocycles. The lowest BCUT2D eigenvalue weighted by Gasteiger charge is -2.25. The van der Waals surface area contributed by atoms with E-state index in [1.54, 1.807) is 0 Å². The number of ether oxygens (including phenoxy) is 4. The number of unbranched alkanes of at least 4 members (excludes halogenated alkanes) is 25. The van der Waals surface area contributed by atoms with Gasteiger partial charge in [0.05, 0.1) is 34.4 Å². The minimum atomic E-state index is -1.52. The molecule has 0 bridgehead atoms. The lowest BCUT2D eigenvalue weighted by atomic mass is 10.0. The van der Waals surface area contributed by atoms with Crippen molar-refractivity contribution in [2.75, 3.05) is 47.5 Å². The molecule has 0 saturated carbocycles. The summed E-state index contributed by atoms with van der Waals surface area (Å²) < 4.78 is 23.0. The first kappa shape index (κ1) is 85.9. The Morgan fingerprint density at radius 1 is 0.330 bits per heavy atom. The average molecular weight is 1260 g/mol. The van der Waals surface area contributed by atoms with Gasteiger partial charge in [-0.3, -0.25) is 9.59 Å². The highest BCUT2D eigenvalue weighted by Gasteiger charge is 2.25. The number of allylic oxidation sites excluding steroid dienone is 26. The fourth-order valence-corrected chi connectivity index (χ4v) is 9.76. The molecular formula is C82H136NO8+. The van der Waals surface area contributed by atoms with Gasteiger partial charge in [-0.1, -0.05) is 307 Å². The number of quaternary nitrogens is 1. The summed E-state index contributed by atoms with van der Waals surface area (Å²) in [5.74, 6) is -2.02. The summed E-state index contributed by atoms with van der Waals surface area (Å²) in [5.41, 5.74) is 0. The fourth-order valence-electron chi connectivity index (χ4n) is 9.76. The molecule has 0 fully saturated rings. The molecular weight excluding hydrogens is 1130 g/mol. The number of esters is 2. The minimum absolute atomic E-state index is 0.180. The molecule has 0 amide bonds. The maximum atomic E-state index is 13.0. The van der Waals surface area contributed by atoms with Crippen LogP contribution >= 0.6 is 0 Å². The van der Waals surface area contributed by atoms with E-state index in [1.807, 2.05) is 21.1 Å². The number of carboxylic acid groups (broad SMARTS) is 1. The molecule has 2 unspecified atom stereocenters. The standard InChI is InChI=1S/C82H135NO8/c1-6-8-10-12-14-16-18-20-22-24-26-28-30-32-34-36-37-38-39-40-41-42-43-45-47-49-51-53-55-57-59-61-63-65-67-69-71-73-80(85)91-78(77-90-82(81(86)87)88-75-74-83(3,4)5)76-89-79(84)72-70-68-66-64-62-60-58-56-54-52-50-48-46-44-35-33-31-29-27-25-23-21-19-17-15-13-11-9-7-2/h8-11,14-17,20-23,26-29,32-35,37-38,40-41,46,48,78,82H,6-7,12-13,18-19,24-25,30-31,36,39,42-45,47,49-77H2,1-5H3/p+1/b10-8-,11-9-,16-14-,17-15-,22-20-,23-21-,28-26-,29-27-,34-32-,35-33-,38-37-,41-40-,48-46-. The van der Waals surface area contributed by atoms with Crippen LogP contribution in [0.1, 0.15) is 284 Å². The summed E-state index contributed by atoms with van der Waals surface area (Å²) in [4.78, 5) is 37.7. The van der Waals surface area contributed by atoms with Gasteiger partial charge in [-0.05, 0) is 122 Å². The van der Waals surface area contributed by atoms with Crippen molar-refractivity contribution in [2.45, 2.75) is 296 Å². The summed E-state index contributed by atoms with van der Waals surface area (Å²) in [6.07, 6.45) is 102. The maximum Gasteiger partial charge on any atom is 0.361 e. The maximum absolute atomic E-state index is 13.0. The van der Waals surface area contributed by atoms with Crippen LogP contribution in [0.3, 0.4) is 0 Å². The fraction of sp³-hybridized carbons (Fsp3) is 0.646. The van der Waals surface area contributed by atoms with Crippen LogP contribution in [0.4, 0.5) is 0 Å². The second-order valence-electron chi connectivity index (χ2n) is 25.1. The van der Waals surface area contributed by atoms with Crippen LogP contribution < -0.4 is 0 Å². The lowest BCUT2D eigenvalue weighted by Crippen LogP contribution is -2.40. The highest BCUT2D eigenvalue weighted by Crippen LogP contribution is 2.17. The van der Waals surface area contributed by atoms with E-state index in [4.69, 9.17) is 18.9 Å². The third-order valence-corrected chi connectivity index (χ3v) is 15.3. The van der Waals surface area contributed by atoms with E-state index in [2.05, 4.69) is 172 Å². The molecule has 0 aliphatic rings. The number of hydrogen-bond acceptors (Lipinski definition) is 7. The largest absolute Gasteiger partial charge is 0.477 e. The van der Waals surface area contributed by atoms with Crippen molar-refractivity contribution in [3.8, 4) is 0 Å². The van der Waals surface area contributed by atoms with Crippen molar-refractivity contribution < 1.29 is 42.9 Å². The highest BCUT2D eigenvalue weighted by atomic mass is 16.7. The van der Waals surface area contributed by atoms with Gasteiger partial charge >= 0.3 is 17.9 Å². The number of carbonyl (C=O) groups excluding carboxylic acids is 2. The van der Waals surface area contributed by atoms with Gasteiger partial charge in [-0.2, -0.15) is 0 Å². The van der Waals surface area contributed by atoms with E-state index in [9.17, 15) is 19.5 Å². The Labute approximate surface area is 559 Å². The van der Waals surface area contributed by atoms with Crippen LogP contribution in [-0.4, -0.2) is 87.4 Å². The van der Waals surface area contributed by atoms with Crippen LogP contribution in [0, 0.1) is 0 Å². The van der Waals surface area contributed by atoms with Crippen LogP contribution in [0.2, 0.25) is 0 Å². The molecule has 0 aromatic rings. The van der Waals surface area contributed by atoms with E-state index in [1.165, 1.54) is 122 Å². The number of nitrogens with zero attached hydrogens (tertiary/aromatic N) is 1. The van der Waals surface area contributed by atoms with Gasteiger partial charge in [0.25, 0.3) is 6.29 Å². The molecule has 91 heavy (non-hydrogen) atoms. The van der Waals surface area contributed by atoms with Gasteiger partial charge in [0.2, 0.25) is 0 Å². The SMILES string of the molecule is CC/C=C\C/C=C\C/C=C\C/C=C\C/C=C\C/C=C\C/C=C\CCCCCCCCCCCCCCCCCC(=O)OC(COC(=O)CCCCCCCCCCCC/C=C\C/C=C\C/C=C\C/C=C\C/C=C\C/C=C\CC)COC(OCC[N+](C)(C)C)C(=O)O. The van der Waals surface area contributed by atoms with Gasteiger partial charge in [0.1, 0.15) is 13.2 Å². The van der Waals surface area contributed by atoms with Crippen LogP contribution in [0.25, 0.3) is 0 Å². The zero-order valence-corrected chi connectivity index (χ0v) is 58.9. The molecule has 0 rings (SSSR count). The van der Waals surface area contributed by atoms with E-state index in [-0.39, 0.29) is 38.6 Å². The molecule has 9 nitrogen and oxygen atoms in total. The lowest BCUT2D eigenvalue weighted by molar-refractivity contribution is -0.870. The molecule has 0 radical (unpaired) electrons. The predicted molar refractivity (Wildman–Crippen MR) is 391 cm³/mol. The van der Waals surface area contributed by atoms with Crippen molar-refractivity contribution in [2.24, 2.45) is 0 Å². The number of hydrogen-bond donors (Lipinski definition) is 1. The van der Waals surface area contributed by atoms with Crippen molar-refractivity contribution in [3.63, 3.8) is 0 Å². The molecule has 9 heteroatoms. The van der Waals surface area contributed by atoms with Gasteiger partial charge in [0.15, 0.2) is 6.10 Å². The zero-order valence-electron chi connectivity index (χ0n) is 58.9. The van der Waals surface area contributed by atoms with Crippen molar-refractivity contribution >= 4 is 17.9 Å². The summed E-state index contributed by atoms with van der Waals surface area (Å²) in [6, 6.07) is 0. The summed E-state index contributed by atoms with van der Waals surface area (Å²) in [5, 5.41) is 9.76.